The summed E-state index contributed by atoms with van der Waals surface area (Å²) in [5.41, 5.74) is 0.532. The third kappa shape index (κ3) is 3.48. The Morgan fingerprint density at radius 2 is 2.13 bits per heavy atom. The Morgan fingerprint density at radius 1 is 1.39 bits per heavy atom. The monoisotopic (exact) mass is 360 g/mol. The Morgan fingerprint density at radius 3 is 2.78 bits per heavy atom. The summed E-state index contributed by atoms with van der Waals surface area (Å²) < 4.78 is 19.4. The molecule has 3 rings (SSSR count). The van der Waals surface area contributed by atoms with E-state index in [4.69, 9.17) is 27.9 Å². The average molecular weight is 361 g/mol. The van der Waals surface area contributed by atoms with Crippen LogP contribution < -0.4 is 5.32 Å². The number of amides is 1. The van der Waals surface area contributed by atoms with E-state index in [1.165, 1.54) is 12.1 Å². The summed E-state index contributed by atoms with van der Waals surface area (Å²) in [5, 5.41) is 3.52. The van der Waals surface area contributed by atoms with Crippen molar-refractivity contribution in [3.8, 4) is 0 Å². The van der Waals surface area contributed by atoms with E-state index in [2.05, 4.69) is 5.32 Å². The van der Waals surface area contributed by atoms with Gasteiger partial charge in [0, 0.05) is 23.0 Å². The van der Waals surface area contributed by atoms with Crippen LogP contribution in [0.4, 0.5) is 4.39 Å². The molecule has 2 fully saturated rings. The van der Waals surface area contributed by atoms with Crippen LogP contribution in [-0.2, 0) is 9.53 Å². The summed E-state index contributed by atoms with van der Waals surface area (Å²) in [6.07, 6.45) is -0.432. The van der Waals surface area contributed by atoms with Gasteiger partial charge in [-0.15, -0.1) is 0 Å². The Hall–Kier alpha value is -0.880. The number of carbonyl (C=O) groups excluding carboxylic acids is 1. The molecule has 0 saturated carbocycles. The SMILES string of the molecule is CC(C(=O)N1CCOC(c2cc(F)c(Cl)cc2Cl)C1)C1CNC1. The number of carbonyl (C=O) groups is 1. The predicted molar refractivity (Wildman–Crippen MR) is 87.2 cm³/mol. The normalized spacial score (nSPS) is 23.5. The van der Waals surface area contributed by atoms with E-state index in [0.717, 1.165) is 13.1 Å². The van der Waals surface area contributed by atoms with Crippen LogP contribution in [0.5, 0.6) is 0 Å². The van der Waals surface area contributed by atoms with E-state index < -0.39 is 11.9 Å². The first-order valence-electron chi connectivity index (χ1n) is 7.73. The zero-order valence-electron chi connectivity index (χ0n) is 12.8. The van der Waals surface area contributed by atoms with Gasteiger partial charge in [-0.1, -0.05) is 30.1 Å². The minimum Gasteiger partial charge on any atom is -0.370 e. The maximum absolute atomic E-state index is 13.7. The third-order valence-electron chi connectivity index (χ3n) is 4.67. The van der Waals surface area contributed by atoms with Gasteiger partial charge in [-0.2, -0.15) is 0 Å². The number of morpholine rings is 1. The highest BCUT2D eigenvalue weighted by Gasteiger charge is 2.34. The fraction of sp³-hybridized carbons (Fsp3) is 0.562. The zero-order valence-corrected chi connectivity index (χ0v) is 14.3. The molecule has 2 saturated heterocycles. The number of hydrogen-bond acceptors (Lipinski definition) is 3. The molecule has 2 atom stereocenters. The van der Waals surface area contributed by atoms with E-state index in [-0.39, 0.29) is 16.8 Å². The molecule has 1 aromatic rings. The fourth-order valence-corrected chi connectivity index (χ4v) is 3.48. The van der Waals surface area contributed by atoms with Crippen molar-refractivity contribution in [2.75, 3.05) is 32.8 Å². The van der Waals surface area contributed by atoms with Gasteiger partial charge in [-0.3, -0.25) is 4.79 Å². The summed E-state index contributed by atoms with van der Waals surface area (Å²) in [4.78, 5) is 14.4. The van der Waals surface area contributed by atoms with Gasteiger partial charge >= 0.3 is 0 Å². The standard InChI is InChI=1S/C16H19Cl2FN2O2/c1-9(10-6-20-7-10)16(22)21-2-3-23-15(8-21)11-4-14(19)13(18)5-12(11)17/h4-5,9-10,15,20H,2-3,6-8H2,1H3. The van der Waals surface area contributed by atoms with Crippen molar-refractivity contribution in [2.24, 2.45) is 11.8 Å². The van der Waals surface area contributed by atoms with E-state index >= 15 is 0 Å². The molecule has 4 nitrogen and oxygen atoms in total. The first-order chi connectivity index (χ1) is 11.0. The molecule has 2 heterocycles. The van der Waals surface area contributed by atoms with Crippen LogP contribution in [-0.4, -0.2) is 43.6 Å². The Kier molecular flexibility index (Phi) is 5.11. The molecule has 0 spiro atoms. The second kappa shape index (κ2) is 6.93. The highest BCUT2D eigenvalue weighted by Crippen LogP contribution is 2.33. The van der Waals surface area contributed by atoms with Gasteiger partial charge in [-0.05, 0) is 31.1 Å². The van der Waals surface area contributed by atoms with Crippen LogP contribution in [0.2, 0.25) is 10.0 Å². The lowest BCUT2D eigenvalue weighted by molar-refractivity contribution is -0.145. The summed E-state index contributed by atoms with van der Waals surface area (Å²) >= 11 is 11.9. The Balaban J connectivity index is 1.73. The zero-order chi connectivity index (χ0) is 16.6. The Bertz CT molecular complexity index is 610. The molecule has 1 aromatic carbocycles. The van der Waals surface area contributed by atoms with Crippen LogP contribution in [0.15, 0.2) is 12.1 Å². The van der Waals surface area contributed by atoms with Crippen molar-refractivity contribution in [1.29, 1.82) is 0 Å². The highest BCUT2D eigenvalue weighted by atomic mass is 35.5. The number of ether oxygens (including phenoxy) is 1. The molecule has 7 heteroatoms. The van der Waals surface area contributed by atoms with Crippen LogP contribution in [0, 0.1) is 17.7 Å². The van der Waals surface area contributed by atoms with Gasteiger partial charge in [0.05, 0.1) is 18.2 Å². The number of nitrogens with one attached hydrogen (secondary N) is 1. The number of halogens is 3. The summed E-state index contributed by atoms with van der Waals surface area (Å²) in [6.45, 7) is 5.07. The molecule has 2 unspecified atom stereocenters. The van der Waals surface area contributed by atoms with Gasteiger partial charge in [0.1, 0.15) is 11.9 Å². The van der Waals surface area contributed by atoms with Crippen molar-refractivity contribution < 1.29 is 13.9 Å². The second-order valence-electron chi connectivity index (χ2n) is 6.14. The quantitative estimate of drug-likeness (QED) is 0.842. The summed E-state index contributed by atoms with van der Waals surface area (Å²) in [7, 11) is 0. The number of nitrogens with zero attached hydrogens (tertiary/aromatic N) is 1. The lowest BCUT2D eigenvalue weighted by Gasteiger charge is -2.38. The number of rotatable bonds is 3. The third-order valence-corrected chi connectivity index (χ3v) is 5.29. The minimum absolute atomic E-state index is 0.0198. The predicted octanol–water partition coefficient (Wildman–Crippen LogP) is 2.89. The van der Waals surface area contributed by atoms with E-state index in [1.807, 2.05) is 6.92 Å². The molecular formula is C16H19Cl2FN2O2. The molecule has 0 aliphatic carbocycles. The first kappa shape index (κ1) is 17.0. The topological polar surface area (TPSA) is 41.6 Å². The molecular weight excluding hydrogens is 342 g/mol. The van der Waals surface area contributed by atoms with Crippen molar-refractivity contribution in [3.05, 3.63) is 33.6 Å². The molecule has 1 N–H and O–H groups in total. The Labute approximate surface area is 144 Å². The molecule has 126 valence electrons. The van der Waals surface area contributed by atoms with Crippen molar-refractivity contribution >= 4 is 29.1 Å². The lowest BCUT2D eigenvalue weighted by Crippen LogP contribution is -2.52. The van der Waals surface area contributed by atoms with Crippen molar-refractivity contribution in [2.45, 2.75) is 13.0 Å². The fourth-order valence-electron chi connectivity index (χ4n) is 2.98. The van der Waals surface area contributed by atoms with Gasteiger partial charge in [0.2, 0.25) is 5.91 Å². The molecule has 1 amide bonds. The lowest BCUT2D eigenvalue weighted by atomic mass is 9.87. The smallest absolute Gasteiger partial charge is 0.225 e. The molecule has 0 aromatic heterocycles. The van der Waals surface area contributed by atoms with E-state index in [0.29, 0.717) is 36.2 Å². The maximum atomic E-state index is 13.7. The molecule has 23 heavy (non-hydrogen) atoms. The van der Waals surface area contributed by atoms with Gasteiger partial charge in [-0.25, -0.2) is 4.39 Å². The van der Waals surface area contributed by atoms with Crippen molar-refractivity contribution in [1.82, 2.24) is 10.2 Å². The van der Waals surface area contributed by atoms with Gasteiger partial charge in [0.15, 0.2) is 0 Å². The minimum atomic E-state index is -0.535. The van der Waals surface area contributed by atoms with Crippen LogP contribution in [0.25, 0.3) is 0 Å². The van der Waals surface area contributed by atoms with Gasteiger partial charge in [0.25, 0.3) is 0 Å². The van der Waals surface area contributed by atoms with Crippen molar-refractivity contribution in [3.63, 3.8) is 0 Å². The van der Waals surface area contributed by atoms with E-state index in [9.17, 15) is 9.18 Å². The molecule has 0 radical (unpaired) electrons. The van der Waals surface area contributed by atoms with E-state index in [1.54, 1.807) is 4.90 Å². The summed E-state index contributed by atoms with van der Waals surface area (Å²) in [6, 6.07) is 2.67. The summed E-state index contributed by atoms with van der Waals surface area (Å²) in [5.74, 6) is -0.0461. The molecule has 2 aliphatic heterocycles. The number of hydrogen-bond donors (Lipinski definition) is 1. The van der Waals surface area contributed by atoms with Crippen LogP contribution in [0.3, 0.4) is 0 Å². The molecule has 0 bridgehead atoms. The first-order valence-corrected chi connectivity index (χ1v) is 8.48. The average Bonchev–Trinajstić information content (AvgIpc) is 2.48. The maximum Gasteiger partial charge on any atom is 0.225 e. The van der Waals surface area contributed by atoms with Crippen LogP contribution >= 0.6 is 23.2 Å². The largest absolute Gasteiger partial charge is 0.370 e. The second-order valence-corrected chi connectivity index (χ2v) is 6.95. The molecule has 2 aliphatic rings. The van der Waals surface area contributed by atoms with Crippen LogP contribution in [0.1, 0.15) is 18.6 Å². The number of benzene rings is 1. The highest BCUT2D eigenvalue weighted by molar-refractivity contribution is 6.35. The van der Waals surface area contributed by atoms with Gasteiger partial charge < -0.3 is 15.0 Å².